The number of nitrogens with two attached hydrogens (primary N) is 1. The topological polar surface area (TPSA) is 87.7 Å². The number of carbonyl (C=O) groups is 1. The minimum Gasteiger partial charge on any atom is -0.409 e. The van der Waals surface area contributed by atoms with Gasteiger partial charge in [0.1, 0.15) is 5.41 Å². The summed E-state index contributed by atoms with van der Waals surface area (Å²) >= 11 is 0. The van der Waals surface area contributed by atoms with Crippen molar-refractivity contribution in [1.29, 1.82) is 0 Å². The molecule has 1 saturated carbocycles. The lowest BCUT2D eigenvalue weighted by atomic mass is 10.1. The van der Waals surface area contributed by atoms with Crippen molar-refractivity contribution >= 4 is 11.7 Å². The largest absolute Gasteiger partial charge is 0.409 e. The van der Waals surface area contributed by atoms with Crippen molar-refractivity contribution in [2.24, 2.45) is 16.3 Å². The number of carbonyl (C=O) groups excluding carboxylic acids is 1. The van der Waals surface area contributed by atoms with E-state index in [0.717, 1.165) is 5.56 Å². The molecule has 1 fully saturated rings. The van der Waals surface area contributed by atoms with Crippen LogP contribution < -0.4 is 11.1 Å². The van der Waals surface area contributed by atoms with Gasteiger partial charge in [0.2, 0.25) is 5.91 Å². The van der Waals surface area contributed by atoms with Crippen molar-refractivity contribution in [3.63, 3.8) is 0 Å². The van der Waals surface area contributed by atoms with E-state index in [1.807, 2.05) is 30.3 Å². The smallest absolute Gasteiger partial charge is 0.234 e. The van der Waals surface area contributed by atoms with Crippen LogP contribution in [0.3, 0.4) is 0 Å². The summed E-state index contributed by atoms with van der Waals surface area (Å²) in [5.74, 6) is -0.167. The predicted octanol–water partition coefficient (Wildman–Crippen LogP) is 0.829. The molecule has 2 rings (SSSR count). The second-order valence-corrected chi connectivity index (χ2v) is 4.24. The minimum atomic E-state index is -0.774. The van der Waals surface area contributed by atoms with Crippen molar-refractivity contribution in [2.75, 3.05) is 0 Å². The number of nitrogens with zero attached hydrogens (tertiary/aromatic N) is 1. The molecule has 0 radical (unpaired) electrons. The van der Waals surface area contributed by atoms with Crippen LogP contribution in [-0.4, -0.2) is 17.0 Å². The molecule has 0 heterocycles. The third kappa shape index (κ3) is 2.22. The zero-order valence-corrected chi connectivity index (χ0v) is 9.39. The van der Waals surface area contributed by atoms with E-state index in [-0.39, 0.29) is 11.7 Å². The summed E-state index contributed by atoms with van der Waals surface area (Å²) in [5, 5.41) is 14.4. The van der Waals surface area contributed by atoms with Gasteiger partial charge in [-0.15, -0.1) is 0 Å². The van der Waals surface area contributed by atoms with Gasteiger partial charge in [-0.25, -0.2) is 0 Å². The Morgan fingerprint density at radius 1 is 1.41 bits per heavy atom. The molecule has 0 aliphatic heterocycles. The molecular formula is C12H15N3O2. The first-order valence-corrected chi connectivity index (χ1v) is 5.49. The molecule has 0 spiro atoms. The number of oxime groups is 1. The quantitative estimate of drug-likeness (QED) is 0.311. The van der Waals surface area contributed by atoms with Gasteiger partial charge in [-0.2, -0.15) is 0 Å². The maximum absolute atomic E-state index is 11.9. The van der Waals surface area contributed by atoms with Crippen molar-refractivity contribution in [1.82, 2.24) is 5.32 Å². The average molecular weight is 233 g/mol. The Morgan fingerprint density at radius 2 is 2.06 bits per heavy atom. The monoisotopic (exact) mass is 233 g/mol. The minimum absolute atomic E-state index is 0.00283. The lowest BCUT2D eigenvalue weighted by Gasteiger charge is -2.13. The van der Waals surface area contributed by atoms with E-state index >= 15 is 0 Å². The molecule has 0 unspecified atom stereocenters. The predicted molar refractivity (Wildman–Crippen MR) is 63.4 cm³/mol. The molecule has 1 aromatic carbocycles. The average Bonchev–Trinajstić information content (AvgIpc) is 3.17. The van der Waals surface area contributed by atoms with Crippen LogP contribution >= 0.6 is 0 Å². The number of benzene rings is 1. The Balaban J connectivity index is 1.95. The molecule has 1 aromatic rings. The van der Waals surface area contributed by atoms with E-state index in [4.69, 9.17) is 10.9 Å². The van der Waals surface area contributed by atoms with Crippen molar-refractivity contribution in [3.8, 4) is 0 Å². The summed E-state index contributed by atoms with van der Waals surface area (Å²) in [4.78, 5) is 11.9. The molecule has 4 N–H and O–H groups in total. The Bertz CT molecular complexity index is 438. The van der Waals surface area contributed by atoms with Gasteiger partial charge < -0.3 is 16.3 Å². The van der Waals surface area contributed by atoms with Crippen LogP contribution in [0.1, 0.15) is 18.4 Å². The van der Waals surface area contributed by atoms with Crippen LogP contribution in [-0.2, 0) is 11.3 Å². The van der Waals surface area contributed by atoms with Crippen molar-refractivity contribution < 1.29 is 10.0 Å². The third-order valence-corrected chi connectivity index (χ3v) is 3.08. The number of hydrogen-bond acceptors (Lipinski definition) is 3. The summed E-state index contributed by atoms with van der Waals surface area (Å²) in [6.07, 6.45) is 1.28. The molecule has 0 aromatic heterocycles. The van der Waals surface area contributed by atoms with E-state index in [1.54, 1.807) is 0 Å². The zero-order valence-electron chi connectivity index (χ0n) is 9.39. The summed E-state index contributed by atoms with van der Waals surface area (Å²) in [7, 11) is 0. The standard InChI is InChI=1S/C12H15N3O2/c13-10(15-17)12(6-7-12)11(16)14-8-9-4-2-1-3-5-9/h1-5,17H,6-8H2,(H2,13,15)(H,14,16). The lowest BCUT2D eigenvalue weighted by Crippen LogP contribution is -2.40. The van der Waals surface area contributed by atoms with Gasteiger partial charge in [0.25, 0.3) is 0 Å². The second kappa shape index (κ2) is 4.45. The molecule has 17 heavy (non-hydrogen) atoms. The van der Waals surface area contributed by atoms with Gasteiger partial charge >= 0.3 is 0 Å². The molecule has 5 heteroatoms. The Morgan fingerprint density at radius 3 is 2.59 bits per heavy atom. The van der Waals surface area contributed by atoms with Gasteiger partial charge in [0.15, 0.2) is 5.84 Å². The fourth-order valence-corrected chi connectivity index (χ4v) is 1.77. The van der Waals surface area contributed by atoms with Gasteiger partial charge in [-0.1, -0.05) is 35.5 Å². The second-order valence-electron chi connectivity index (χ2n) is 4.24. The number of amidine groups is 1. The highest BCUT2D eigenvalue weighted by Gasteiger charge is 2.54. The Labute approximate surface area is 99.3 Å². The number of hydrogen-bond donors (Lipinski definition) is 3. The maximum atomic E-state index is 11.9. The van der Waals surface area contributed by atoms with Crippen LogP contribution in [0.15, 0.2) is 35.5 Å². The third-order valence-electron chi connectivity index (χ3n) is 3.08. The highest BCUT2D eigenvalue weighted by atomic mass is 16.4. The van der Waals surface area contributed by atoms with Gasteiger partial charge in [-0.3, -0.25) is 4.79 Å². The van der Waals surface area contributed by atoms with E-state index in [0.29, 0.717) is 19.4 Å². The number of amides is 1. The van der Waals surface area contributed by atoms with Gasteiger partial charge in [0, 0.05) is 6.54 Å². The van der Waals surface area contributed by atoms with Gasteiger partial charge in [0.05, 0.1) is 0 Å². The Kier molecular flexibility index (Phi) is 2.99. The molecule has 90 valence electrons. The molecule has 0 saturated heterocycles. The van der Waals surface area contributed by atoms with E-state index < -0.39 is 5.41 Å². The van der Waals surface area contributed by atoms with Crippen LogP contribution in [0, 0.1) is 5.41 Å². The van der Waals surface area contributed by atoms with Crippen LogP contribution in [0.25, 0.3) is 0 Å². The van der Waals surface area contributed by atoms with Crippen LogP contribution in [0.4, 0.5) is 0 Å². The molecule has 0 atom stereocenters. The van der Waals surface area contributed by atoms with E-state index in [9.17, 15) is 4.79 Å². The molecule has 1 amide bonds. The summed E-state index contributed by atoms with van der Waals surface area (Å²) in [6, 6.07) is 9.62. The van der Waals surface area contributed by atoms with E-state index in [1.165, 1.54) is 0 Å². The van der Waals surface area contributed by atoms with E-state index in [2.05, 4.69) is 10.5 Å². The summed E-state index contributed by atoms with van der Waals surface area (Å²) < 4.78 is 0. The Hall–Kier alpha value is -2.04. The SMILES string of the molecule is N/C(=N/O)C1(C(=O)NCc2ccccc2)CC1. The fourth-order valence-electron chi connectivity index (χ4n) is 1.77. The molecule has 0 bridgehead atoms. The first-order chi connectivity index (χ1) is 8.19. The molecular weight excluding hydrogens is 218 g/mol. The summed E-state index contributed by atoms with van der Waals surface area (Å²) in [5.41, 5.74) is 5.77. The zero-order chi connectivity index (χ0) is 12.3. The number of nitrogens with one attached hydrogen (secondary N) is 1. The summed E-state index contributed by atoms with van der Waals surface area (Å²) in [6.45, 7) is 0.458. The maximum Gasteiger partial charge on any atom is 0.234 e. The molecule has 1 aliphatic rings. The highest BCUT2D eigenvalue weighted by molar-refractivity contribution is 6.09. The molecule has 5 nitrogen and oxygen atoms in total. The van der Waals surface area contributed by atoms with Gasteiger partial charge in [-0.05, 0) is 18.4 Å². The van der Waals surface area contributed by atoms with Crippen molar-refractivity contribution in [2.45, 2.75) is 19.4 Å². The normalized spacial score (nSPS) is 17.5. The van der Waals surface area contributed by atoms with Crippen LogP contribution in [0.2, 0.25) is 0 Å². The lowest BCUT2D eigenvalue weighted by molar-refractivity contribution is -0.124. The van der Waals surface area contributed by atoms with Crippen LogP contribution in [0.5, 0.6) is 0 Å². The first kappa shape index (κ1) is 11.4. The first-order valence-electron chi connectivity index (χ1n) is 5.49. The molecule has 1 aliphatic carbocycles. The fraction of sp³-hybridized carbons (Fsp3) is 0.333. The number of rotatable bonds is 4. The highest BCUT2D eigenvalue weighted by Crippen LogP contribution is 2.46. The van der Waals surface area contributed by atoms with Crippen molar-refractivity contribution in [3.05, 3.63) is 35.9 Å².